The number of benzene rings is 2. The third kappa shape index (κ3) is 4.19. The Morgan fingerprint density at radius 1 is 0.972 bits per heavy atom. The number of ether oxygens (including phenoxy) is 1. The van der Waals surface area contributed by atoms with Gasteiger partial charge in [-0.3, -0.25) is 0 Å². The maximum atomic E-state index is 13.9. The van der Waals surface area contributed by atoms with E-state index in [-0.39, 0.29) is 11.4 Å². The molecule has 6 nitrogen and oxygen atoms in total. The van der Waals surface area contributed by atoms with Gasteiger partial charge in [-0.2, -0.15) is 13.2 Å². The molecule has 0 radical (unpaired) electrons. The van der Waals surface area contributed by atoms with Crippen LogP contribution < -0.4 is 4.74 Å². The fourth-order valence-electron chi connectivity index (χ4n) is 4.19. The van der Waals surface area contributed by atoms with E-state index in [0.29, 0.717) is 22.6 Å². The average Bonchev–Trinajstić information content (AvgIpc) is 3.49. The molecular formula is C26H21F4N5O. The zero-order valence-electron chi connectivity index (χ0n) is 19.6. The summed E-state index contributed by atoms with van der Waals surface area (Å²) in [6.45, 7) is 3.59. The van der Waals surface area contributed by atoms with Gasteiger partial charge in [-0.15, -0.1) is 10.2 Å². The van der Waals surface area contributed by atoms with Crippen molar-refractivity contribution in [3.05, 3.63) is 89.9 Å². The first-order chi connectivity index (χ1) is 17.2. The number of hydrogen-bond acceptors (Lipinski definition) is 4. The Kier molecular flexibility index (Phi) is 5.74. The number of imidazole rings is 1. The van der Waals surface area contributed by atoms with Gasteiger partial charge in [0, 0.05) is 23.5 Å². The van der Waals surface area contributed by atoms with Gasteiger partial charge in [0.15, 0.2) is 5.82 Å². The second kappa shape index (κ2) is 8.78. The molecule has 0 saturated heterocycles. The molecule has 1 atom stereocenters. The van der Waals surface area contributed by atoms with Crippen molar-refractivity contribution in [1.82, 2.24) is 24.3 Å². The first-order valence-electron chi connectivity index (χ1n) is 11.1. The van der Waals surface area contributed by atoms with Crippen molar-refractivity contribution in [3.63, 3.8) is 0 Å². The topological polar surface area (TPSA) is 57.8 Å². The summed E-state index contributed by atoms with van der Waals surface area (Å²) in [5.74, 6) is 0.354. The van der Waals surface area contributed by atoms with Crippen molar-refractivity contribution in [2.24, 2.45) is 0 Å². The van der Waals surface area contributed by atoms with Crippen LogP contribution in [0.25, 0.3) is 28.3 Å². The van der Waals surface area contributed by atoms with Crippen LogP contribution in [0.5, 0.6) is 5.75 Å². The van der Waals surface area contributed by atoms with E-state index in [9.17, 15) is 17.6 Å². The van der Waals surface area contributed by atoms with Crippen molar-refractivity contribution < 1.29 is 22.3 Å². The van der Waals surface area contributed by atoms with Gasteiger partial charge >= 0.3 is 6.18 Å². The third-order valence-corrected chi connectivity index (χ3v) is 6.10. The van der Waals surface area contributed by atoms with Crippen LogP contribution in [0.3, 0.4) is 0 Å². The highest BCUT2D eigenvalue weighted by Gasteiger charge is 2.34. The van der Waals surface area contributed by atoms with E-state index < -0.39 is 23.6 Å². The quantitative estimate of drug-likeness (QED) is 0.268. The molecule has 10 heteroatoms. The Morgan fingerprint density at radius 2 is 1.72 bits per heavy atom. The lowest BCUT2D eigenvalue weighted by atomic mass is 10.0. The van der Waals surface area contributed by atoms with E-state index in [4.69, 9.17) is 4.74 Å². The van der Waals surface area contributed by atoms with Crippen LogP contribution in [0.2, 0.25) is 0 Å². The lowest BCUT2D eigenvalue weighted by molar-refractivity contribution is -0.138. The molecular weight excluding hydrogens is 474 g/mol. The van der Waals surface area contributed by atoms with E-state index in [1.807, 2.05) is 13.1 Å². The number of fused-ring (bicyclic) bond motifs is 1. The Morgan fingerprint density at radius 3 is 2.36 bits per heavy atom. The fourth-order valence-corrected chi connectivity index (χ4v) is 4.19. The third-order valence-electron chi connectivity index (χ3n) is 6.10. The predicted octanol–water partition coefficient (Wildman–Crippen LogP) is 6.32. The first-order valence-corrected chi connectivity index (χ1v) is 11.1. The van der Waals surface area contributed by atoms with E-state index in [0.717, 1.165) is 23.6 Å². The molecule has 3 aromatic rings. The molecule has 5 rings (SSSR count). The normalized spacial score (nSPS) is 12.8. The molecule has 2 aromatic carbocycles. The highest BCUT2D eigenvalue weighted by molar-refractivity contribution is 5.80. The minimum absolute atomic E-state index is 0.243. The molecule has 36 heavy (non-hydrogen) atoms. The molecule has 0 fully saturated rings. The SMILES string of the molecule is COc1cc(-c2nnc3n(C(C)c4ccc(F)cc4)cc(C(F)(F)F)cc2-3)ccc1-n1cnc(C)c1. The molecule has 1 unspecified atom stereocenters. The Labute approximate surface area is 204 Å². The zero-order chi connectivity index (χ0) is 25.6. The first kappa shape index (κ1) is 23.5. The number of nitrogens with zero attached hydrogens (tertiary/aromatic N) is 5. The van der Waals surface area contributed by atoms with Crippen LogP contribution in [0.15, 0.2) is 67.3 Å². The van der Waals surface area contributed by atoms with Gasteiger partial charge < -0.3 is 13.9 Å². The van der Waals surface area contributed by atoms with E-state index in [1.54, 1.807) is 36.0 Å². The molecule has 3 heterocycles. The van der Waals surface area contributed by atoms with Gasteiger partial charge in [-0.25, -0.2) is 9.37 Å². The highest BCUT2D eigenvalue weighted by atomic mass is 19.4. The standard InChI is InChI=1S/C26H21F4N5O/c1-15-12-34(14-31-15)22-9-6-18(10-23(22)36-3)24-21-11-19(26(28,29)30)13-35(25(21)33-32-24)16(2)17-4-7-20(27)8-5-17/h4-14,16H,1-3H3. The number of halogens is 4. The summed E-state index contributed by atoms with van der Waals surface area (Å²) >= 11 is 0. The van der Waals surface area contributed by atoms with Crippen LogP contribution in [-0.2, 0) is 6.18 Å². The van der Waals surface area contributed by atoms with Crippen LogP contribution >= 0.6 is 0 Å². The summed E-state index contributed by atoms with van der Waals surface area (Å²) < 4.78 is 63.8. The zero-order valence-corrected chi connectivity index (χ0v) is 19.6. The number of alkyl halides is 3. The summed E-state index contributed by atoms with van der Waals surface area (Å²) in [5, 5.41) is 8.49. The molecule has 2 aliphatic rings. The van der Waals surface area contributed by atoms with Crippen molar-refractivity contribution in [1.29, 1.82) is 0 Å². The summed E-state index contributed by atoms with van der Waals surface area (Å²) in [7, 11) is 1.52. The molecule has 0 N–H and O–H groups in total. The van der Waals surface area contributed by atoms with Gasteiger partial charge in [0.2, 0.25) is 0 Å². The van der Waals surface area contributed by atoms with Crippen LogP contribution in [0.4, 0.5) is 17.6 Å². The maximum Gasteiger partial charge on any atom is 0.417 e. The Balaban J connectivity index is 1.64. The molecule has 184 valence electrons. The number of hydrogen-bond donors (Lipinski definition) is 0. The van der Waals surface area contributed by atoms with E-state index >= 15 is 0 Å². The monoisotopic (exact) mass is 495 g/mol. The highest BCUT2D eigenvalue weighted by Crippen LogP contribution is 2.40. The minimum Gasteiger partial charge on any atom is -0.495 e. The van der Waals surface area contributed by atoms with Gasteiger partial charge in [0.1, 0.15) is 17.3 Å². The van der Waals surface area contributed by atoms with Crippen LogP contribution in [0.1, 0.15) is 29.8 Å². The second-order valence-corrected chi connectivity index (χ2v) is 8.46. The lowest BCUT2D eigenvalue weighted by Gasteiger charge is -2.22. The molecule has 2 aliphatic heterocycles. The smallest absolute Gasteiger partial charge is 0.417 e. The summed E-state index contributed by atoms with van der Waals surface area (Å²) in [6, 6.07) is 11.4. The summed E-state index contributed by atoms with van der Waals surface area (Å²) in [4.78, 5) is 4.23. The second-order valence-electron chi connectivity index (χ2n) is 8.46. The number of aryl methyl sites for hydroxylation is 1. The maximum absolute atomic E-state index is 13.9. The van der Waals surface area contributed by atoms with E-state index in [2.05, 4.69) is 15.2 Å². The van der Waals surface area contributed by atoms with Gasteiger partial charge in [-0.05, 0) is 49.7 Å². The van der Waals surface area contributed by atoms with Crippen molar-refractivity contribution in [3.8, 4) is 34.1 Å². The molecule has 1 aromatic heterocycles. The van der Waals surface area contributed by atoms with Gasteiger partial charge in [-0.1, -0.05) is 18.2 Å². The van der Waals surface area contributed by atoms with Gasteiger partial charge in [0.25, 0.3) is 0 Å². The number of aromatic nitrogens is 5. The van der Waals surface area contributed by atoms with Gasteiger partial charge in [0.05, 0.1) is 36.4 Å². The molecule has 0 bridgehead atoms. The molecule has 0 amide bonds. The number of pyridine rings is 1. The van der Waals surface area contributed by atoms with Crippen molar-refractivity contribution in [2.45, 2.75) is 26.1 Å². The number of methoxy groups -OCH3 is 1. The molecule has 0 spiro atoms. The lowest BCUT2D eigenvalue weighted by Crippen LogP contribution is -2.15. The van der Waals surface area contributed by atoms with Crippen LogP contribution in [0, 0.1) is 12.7 Å². The summed E-state index contributed by atoms with van der Waals surface area (Å²) in [5.41, 5.74) is 2.44. The Bertz CT molecular complexity index is 1500. The largest absolute Gasteiger partial charge is 0.495 e. The predicted molar refractivity (Wildman–Crippen MR) is 126 cm³/mol. The summed E-state index contributed by atoms with van der Waals surface area (Å²) in [6.07, 6.45) is -0.0851. The Hall–Kier alpha value is -4.21. The molecule has 0 saturated carbocycles. The van der Waals surface area contributed by atoms with Crippen LogP contribution in [-0.4, -0.2) is 31.4 Å². The fraction of sp³-hybridized carbons (Fsp3) is 0.192. The molecule has 0 aliphatic carbocycles. The average molecular weight is 495 g/mol. The number of rotatable bonds is 5. The van der Waals surface area contributed by atoms with Crippen molar-refractivity contribution >= 4 is 0 Å². The van der Waals surface area contributed by atoms with Crippen molar-refractivity contribution in [2.75, 3.05) is 7.11 Å². The van der Waals surface area contributed by atoms with E-state index in [1.165, 1.54) is 35.9 Å². The minimum atomic E-state index is -4.59.